The molecule has 0 aliphatic heterocycles. The van der Waals surface area contributed by atoms with Gasteiger partial charge in [0.1, 0.15) is 0 Å². The van der Waals surface area contributed by atoms with Crippen LogP contribution in [0.3, 0.4) is 0 Å². The minimum atomic E-state index is -4.20. The molecule has 1 aromatic carbocycles. The Balaban J connectivity index is 2.55. The fraction of sp³-hybridized carbons (Fsp3) is 0.727. The Morgan fingerprint density at radius 3 is 1.93 bits per heavy atom. The minimum absolute atomic E-state index is 0.0469. The molecule has 0 aliphatic rings. The summed E-state index contributed by atoms with van der Waals surface area (Å²) in [5.41, 5.74) is 1.70. The van der Waals surface area contributed by atoms with Gasteiger partial charge in [-0.2, -0.15) is 0 Å². The summed E-state index contributed by atoms with van der Waals surface area (Å²) in [6.07, 6.45) is 14.2. The third-order valence-corrected chi connectivity index (χ3v) is 8.25. The first-order chi connectivity index (χ1) is 13.8. The van der Waals surface area contributed by atoms with Crippen molar-refractivity contribution in [3.63, 3.8) is 0 Å². The van der Waals surface area contributed by atoms with Crippen molar-refractivity contribution in [3.8, 4) is 0 Å². The Bertz CT molecular complexity index is 716. The number of benzene rings is 1. The van der Waals surface area contributed by atoms with Gasteiger partial charge in [-0.15, -0.1) is 0 Å². The molecule has 5 nitrogen and oxygen atoms in total. The molecule has 166 valence electrons. The van der Waals surface area contributed by atoms with Crippen molar-refractivity contribution in [1.82, 2.24) is 0 Å². The normalized spacial score (nSPS) is 11.9. The average Bonchev–Trinajstić information content (AvgIpc) is 2.64. The first-order valence-electron chi connectivity index (χ1n) is 11.1. The van der Waals surface area contributed by atoms with E-state index in [9.17, 15) is 11.7 Å². The molecule has 0 amide bonds. The Morgan fingerprint density at radius 2 is 1.45 bits per heavy atom. The van der Waals surface area contributed by atoms with Crippen LogP contribution in [0.5, 0.6) is 0 Å². The molecule has 0 unspecified atom stereocenters. The third-order valence-electron chi connectivity index (χ3n) is 5.27. The van der Waals surface area contributed by atoms with E-state index in [2.05, 4.69) is 9.69 Å². The van der Waals surface area contributed by atoms with Crippen molar-refractivity contribution in [2.75, 3.05) is 0 Å². The first kappa shape index (κ1) is 26.6. The van der Waals surface area contributed by atoms with Gasteiger partial charge in [0.2, 0.25) is 0 Å². The predicted octanol–water partition coefficient (Wildman–Crippen LogP) is 6.15. The van der Waals surface area contributed by atoms with Crippen LogP contribution in [0.4, 0.5) is 0 Å². The summed E-state index contributed by atoms with van der Waals surface area (Å²) < 4.78 is 49.3. The molecule has 0 heterocycles. The van der Waals surface area contributed by atoms with E-state index in [0.717, 1.165) is 30.4 Å². The van der Waals surface area contributed by atoms with Crippen molar-refractivity contribution < 1.29 is 36.8 Å². The van der Waals surface area contributed by atoms with Crippen LogP contribution in [0.25, 0.3) is 0 Å². The van der Waals surface area contributed by atoms with Crippen LogP contribution in [0.1, 0.15) is 108 Å². The van der Waals surface area contributed by atoms with Crippen LogP contribution < -0.4 is 0 Å². The van der Waals surface area contributed by atoms with Gasteiger partial charge in [0, 0.05) is 0 Å². The van der Waals surface area contributed by atoms with Gasteiger partial charge in [0.05, 0.1) is 0 Å². The van der Waals surface area contributed by atoms with Gasteiger partial charge in [-0.25, -0.2) is 0 Å². The molecule has 1 rings (SSSR count). The fourth-order valence-electron chi connectivity index (χ4n) is 3.73. The van der Waals surface area contributed by atoms with Gasteiger partial charge < -0.3 is 0 Å². The Labute approximate surface area is 184 Å². The average molecular weight is 462 g/mol. The van der Waals surface area contributed by atoms with Crippen molar-refractivity contribution >= 4 is 10.1 Å². The van der Waals surface area contributed by atoms with Crippen molar-refractivity contribution in [2.45, 2.75) is 109 Å². The molecule has 29 heavy (non-hydrogen) atoms. The number of unbranched alkanes of at least 4 members (excludes halogenated alkanes) is 10. The van der Waals surface area contributed by atoms with Crippen LogP contribution in [0, 0.1) is 0 Å². The Kier molecular flexibility index (Phi) is 13.4. The number of hydrogen-bond donors (Lipinski definition) is 1. The summed E-state index contributed by atoms with van der Waals surface area (Å²) in [5.74, 6) is 0.171. The van der Waals surface area contributed by atoms with E-state index in [1.807, 2.05) is 19.9 Å². The molecular weight excluding hydrogens is 424 g/mol. The van der Waals surface area contributed by atoms with E-state index >= 15 is 0 Å². The maximum atomic E-state index is 12.4. The van der Waals surface area contributed by atoms with Gasteiger partial charge in [-0.1, -0.05) is 32.6 Å². The maximum absolute atomic E-state index is 12.4. The quantitative estimate of drug-likeness (QED) is 0.235. The van der Waals surface area contributed by atoms with Gasteiger partial charge in [-0.05, 0) is 0 Å². The van der Waals surface area contributed by atoms with Gasteiger partial charge in [0.15, 0.2) is 0 Å². The van der Waals surface area contributed by atoms with E-state index in [1.54, 1.807) is 6.07 Å². The molecule has 0 fully saturated rings. The van der Waals surface area contributed by atoms with E-state index in [1.165, 1.54) is 57.4 Å². The van der Waals surface area contributed by atoms with Crippen LogP contribution in [-0.2, 0) is 41.2 Å². The molecule has 7 heteroatoms. The monoisotopic (exact) mass is 462 g/mol. The van der Waals surface area contributed by atoms with Crippen molar-refractivity contribution in [3.05, 3.63) is 29.3 Å². The molecule has 1 N–H and O–H groups in total. The molecule has 0 aromatic heterocycles. The summed E-state index contributed by atoms with van der Waals surface area (Å²) in [4.78, 5) is 0.0469. The molecule has 0 radical (unpaired) electrons. The SMILES string of the molecule is CCCCCCCCCCCCCc1c(C(C)C)cccc1S(=O)(=O)[O][Ti](=[O])[OH]. The van der Waals surface area contributed by atoms with Crippen LogP contribution in [-0.4, -0.2) is 12.1 Å². The summed E-state index contributed by atoms with van der Waals surface area (Å²) >= 11 is -4.19. The zero-order valence-corrected chi connectivity index (χ0v) is 20.7. The van der Waals surface area contributed by atoms with Crippen LogP contribution >= 0.6 is 0 Å². The molecule has 0 saturated heterocycles. The Hall–Kier alpha value is -0.396. The van der Waals surface area contributed by atoms with Gasteiger partial charge in [0.25, 0.3) is 0 Å². The molecule has 0 saturated carbocycles. The topological polar surface area (TPSA) is 80.7 Å². The second kappa shape index (κ2) is 14.6. The second-order valence-electron chi connectivity index (χ2n) is 8.07. The summed E-state index contributed by atoms with van der Waals surface area (Å²) in [6.45, 7) is 6.28. The molecule has 0 bridgehead atoms. The Morgan fingerprint density at radius 1 is 0.931 bits per heavy atom. The molecule has 0 aliphatic carbocycles. The number of hydrogen-bond acceptors (Lipinski definition) is 4. The molecule has 0 spiro atoms. The van der Waals surface area contributed by atoms with Gasteiger partial charge >= 0.3 is 152 Å². The van der Waals surface area contributed by atoms with Crippen LogP contribution in [0.15, 0.2) is 23.1 Å². The standard InChI is InChI=1S/C22H38O3S.H2O.O.Ti/c1-4-5-6-7-8-9-10-11-12-13-14-16-21-20(19(2)3)17-15-18-22(21)26(23,24)25;;;/h15,17-19H,4-14,16H2,1-3H3,(H,23,24,25);1H2;;/q;;;+2/p-2. The van der Waals surface area contributed by atoms with Gasteiger partial charge in [-0.3, -0.25) is 0 Å². The third kappa shape index (κ3) is 10.5. The van der Waals surface area contributed by atoms with Crippen molar-refractivity contribution in [2.24, 2.45) is 0 Å². The van der Waals surface area contributed by atoms with Crippen molar-refractivity contribution in [1.29, 1.82) is 0 Å². The van der Waals surface area contributed by atoms with E-state index in [4.69, 9.17) is 3.69 Å². The fourth-order valence-corrected chi connectivity index (χ4v) is 6.07. The summed E-state index contributed by atoms with van der Waals surface area (Å²) in [5, 5.41) is 0. The molecular formula is C22H38O5STi. The van der Waals surface area contributed by atoms with Crippen LogP contribution in [0.2, 0.25) is 0 Å². The number of rotatable bonds is 16. The van der Waals surface area contributed by atoms with E-state index < -0.39 is 28.7 Å². The van der Waals surface area contributed by atoms with E-state index in [-0.39, 0.29) is 10.8 Å². The second-order valence-corrected chi connectivity index (χ2v) is 11.2. The first-order valence-corrected chi connectivity index (χ1v) is 14.5. The molecule has 0 atom stereocenters. The zero-order chi connectivity index (χ0) is 21.7. The zero-order valence-electron chi connectivity index (χ0n) is 18.3. The molecule has 1 aromatic rings. The predicted molar refractivity (Wildman–Crippen MR) is 112 cm³/mol. The summed E-state index contributed by atoms with van der Waals surface area (Å²) in [6, 6.07) is 5.10. The van der Waals surface area contributed by atoms with E-state index in [0.29, 0.717) is 6.42 Å². The summed E-state index contributed by atoms with van der Waals surface area (Å²) in [7, 11) is -4.20.